The van der Waals surface area contributed by atoms with Gasteiger partial charge in [0.25, 0.3) is 5.91 Å². The maximum absolute atomic E-state index is 12.6. The fraction of sp³-hybridized carbons (Fsp3) is 0.500. The van der Waals surface area contributed by atoms with Crippen LogP contribution in [0.1, 0.15) is 41.9 Å². The van der Waals surface area contributed by atoms with Crippen molar-refractivity contribution in [1.82, 2.24) is 9.88 Å². The molecule has 0 aliphatic rings. The maximum atomic E-state index is 12.6. The largest absolute Gasteiger partial charge is 0.480 e. The van der Waals surface area contributed by atoms with Crippen molar-refractivity contribution in [3.8, 4) is 0 Å². The summed E-state index contributed by atoms with van der Waals surface area (Å²) >= 11 is 0. The van der Waals surface area contributed by atoms with Gasteiger partial charge in [0.15, 0.2) is 0 Å². The third kappa shape index (κ3) is 4.25. The minimum Gasteiger partial charge on any atom is -0.480 e. The summed E-state index contributed by atoms with van der Waals surface area (Å²) in [5, 5.41) is 13.0. The minimum atomic E-state index is -1.01. The van der Waals surface area contributed by atoms with Crippen LogP contribution in [0.25, 0.3) is 10.9 Å². The number of amides is 1. The van der Waals surface area contributed by atoms with Gasteiger partial charge in [0, 0.05) is 35.8 Å². The monoisotopic (exact) mass is 360 g/mol. The molecular formula is C20H28N2O4. The number of carbonyl (C=O) groups excluding carboxylic acids is 1. The van der Waals surface area contributed by atoms with Crippen molar-refractivity contribution in [3.05, 3.63) is 35.0 Å². The molecule has 1 aromatic heterocycles. The summed E-state index contributed by atoms with van der Waals surface area (Å²) in [6.07, 6.45) is 0.398. The van der Waals surface area contributed by atoms with Crippen LogP contribution in [0.4, 0.5) is 0 Å². The lowest BCUT2D eigenvalue weighted by Gasteiger charge is -2.16. The van der Waals surface area contributed by atoms with Gasteiger partial charge in [-0.1, -0.05) is 13.8 Å². The van der Waals surface area contributed by atoms with E-state index in [9.17, 15) is 14.7 Å². The molecule has 0 spiro atoms. The van der Waals surface area contributed by atoms with Gasteiger partial charge in [0.1, 0.15) is 6.04 Å². The molecule has 1 heterocycles. The van der Waals surface area contributed by atoms with Crippen LogP contribution >= 0.6 is 0 Å². The van der Waals surface area contributed by atoms with E-state index in [2.05, 4.69) is 9.88 Å². The van der Waals surface area contributed by atoms with Gasteiger partial charge in [-0.15, -0.1) is 0 Å². The van der Waals surface area contributed by atoms with Gasteiger partial charge < -0.3 is 19.7 Å². The number of hydrogen-bond donors (Lipinski definition) is 2. The average Bonchev–Trinajstić information content (AvgIpc) is 2.82. The second kappa shape index (κ2) is 8.36. The first kappa shape index (κ1) is 20.0. The number of benzene rings is 1. The highest BCUT2D eigenvalue weighted by Crippen LogP contribution is 2.26. The van der Waals surface area contributed by atoms with Crippen molar-refractivity contribution in [2.24, 2.45) is 5.92 Å². The standard InChI is InChI=1S/C20H28N2O4/c1-12(2)10-17(20(24)25)21-19(23)15-6-7-18-16(11-15)13(3)14(4)22(18)8-9-26-5/h6-7,11-12,17H,8-10H2,1-5H3,(H,21,23)(H,24,25)/t17-/m0/s1. The van der Waals surface area contributed by atoms with E-state index in [4.69, 9.17) is 4.74 Å². The van der Waals surface area contributed by atoms with E-state index in [1.54, 1.807) is 13.2 Å². The number of fused-ring (bicyclic) bond motifs is 1. The van der Waals surface area contributed by atoms with E-state index in [0.717, 1.165) is 28.7 Å². The Morgan fingerprint density at radius 2 is 1.96 bits per heavy atom. The molecule has 0 bridgehead atoms. The van der Waals surface area contributed by atoms with Crippen molar-refractivity contribution < 1.29 is 19.4 Å². The number of carboxylic acids is 1. The fourth-order valence-electron chi connectivity index (χ4n) is 3.20. The zero-order valence-corrected chi connectivity index (χ0v) is 16.1. The van der Waals surface area contributed by atoms with Gasteiger partial charge in [-0.2, -0.15) is 0 Å². The summed E-state index contributed by atoms with van der Waals surface area (Å²) < 4.78 is 7.35. The summed E-state index contributed by atoms with van der Waals surface area (Å²) in [7, 11) is 1.67. The van der Waals surface area contributed by atoms with Crippen LogP contribution < -0.4 is 5.32 Å². The predicted molar refractivity (Wildman–Crippen MR) is 102 cm³/mol. The third-order valence-electron chi connectivity index (χ3n) is 4.73. The van der Waals surface area contributed by atoms with E-state index in [0.29, 0.717) is 18.6 Å². The Morgan fingerprint density at radius 1 is 1.27 bits per heavy atom. The fourth-order valence-corrected chi connectivity index (χ4v) is 3.20. The molecule has 1 amide bonds. The molecule has 0 unspecified atom stereocenters. The number of carbonyl (C=O) groups is 2. The van der Waals surface area contributed by atoms with Gasteiger partial charge in [-0.3, -0.25) is 4.79 Å². The first-order valence-electron chi connectivity index (χ1n) is 8.88. The molecule has 0 radical (unpaired) electrons. The highest BCUT2D eigenvalue weighted by atomic mass is 16.5. The van der Waals surface area contributed by atoms with Crippen molar-refractivity contribution in [2.75, 3.05) is 13.7 Å². The van der Waals surface area contributed by atoms with Crippen LogP contribution in [0.3, 0.4) is 0 Å². The Balaban J connectivity index is 2.31. The zero-order chi connectivity index (χ0) is 19.4. The normalized spacial score (nSPS) is 12.5. The predicted octanol–water partition coefficient (Wildman–Crippen LogP) is 3.13. The number of methoxy groups -OCH3 is 1. The summed E-state index contributed by atoms with van der Waals surface area (Å²) in [5.74, 6) is -1.19. The number of nitrogens with zero attached hydrogens (tertiary/aromatic N) is 1. The molecule has 0 fully saturated rings. The SMILES string of the molecule is COCCn1c(C)c(C)c2cc(C(=O)N[C@@H](CC(C)C)C(=O)O)ccc21. The number of aromatic nitrogens is 1. The molecule has 6 nitrogen and oxygen atoms in total. The van der Waals surface area contributed by atoms with Gasteiger partial charge in [-0.05, 0) is 49.9 Å². The lowest BCUT2D eigenvalue weighted by molar-refractivity contribution is -0.139. The molecule has 26 heavy (non-hydrogen) atoms. The number of nitrogens with one attached hydrogen (secondary N) is 1. The van der Waals surface area contributed by atoms with Crippen LogP contribution in [0.5, 0.6) is 0 Å². The summed E-state index contributed by atoms with van der Waals surface area (Å²) in [5.41, 5.74) is 3.77. The first-order chi connectivity index (χ1) is 12.3. The van der Waals surface area contributed by atoms with Gasteiger partial charge in [0.05, 0.1) is 6.61 Å². The number of rotatable bonds is 8. The molecule has 0 aliphatic heterocycles. The van der Waals surface area contributed by atoms with Gasteiger partial charge >= 0.3 is 5.97 Å². The van der Waals surface area contributed by atoms with Crippen LogP contribution in [-0.4, -0.2) is 41.3 Å². The Hall–Kier alpha value is -2.34. The number of hydrogen-bond acceptors (Lipinski definition) is 3. The number of ether oxygens (including phenoxy) is 1. The average molecular weight is 360 g/mol. The van der Waals surface area contributed by atoms with E-state index >= 15 is 0 Å². The molecule has 1 aromatic carbocycles. The number of aliphatic carboxylic acids is 1. The number of carboxylic acid groups (broad SMARTS) is 1. The van der Waals surface area contributed by atoms with Crippen LogP contribution in [0.2, 0.25) is 0 Å². The van der Waals surface area contributed by atoms with Crippen molar-refractivity contribution in [3.63, 3.8) is 0 Å². The second-order valence-corrected chi connectivity index (χ2v) is 7.08. The second-order valence-electron chi connectivity index (χ2n) is 7.08. The van der Waals surface area contributed by atoms with Crippen molar-refractivity contribution in [1.29, 1.82) is 0 Å². The molecule has 2 rings (SSSR count). The molecule has 2 N–H and O–H groups in total. The van der Waals surface area contributed by atoms with E-state index in [1.807, 2.05) is 39.8 Å². The third-order valence-corrected chi connectivity index (χ3v) is 4.73. The number of aryl methyl sites for hydroxylation is 1. The van der Waals surface area contributed by atoms with Crippen molar-refractivity contribution >= 4 is 22.8 Å². The molecule has 0 saturated carbocycles. The smallest absolute Gasteiger partial charge is 0.326 e. The molecule has 142 valence electrons. The molecule has 0 aliphatic carbocycles. The maximum Gasteiger partial charge on any atom is 0.326 e. The van der Waals surface area contributed by atoms with E-state index in [-0.39, 0.29) is 11.8 Å². The van der Waals surface area contributed by atoms with Crippen LogP contribution in [0, 0.1) is 19.8 Å². The van der Waals surface area contributed by atoms with E-state index in [1.165, 1.54) is 0 Å². The summed E-state index contributed by atoms with van der Waals surface area (Å²) in [4.78, 5) is 23.9. The lowest BCUT2D eigenvalue weighted by Crippen LogP contribution is -2.41. The van der Waals surface area contributed by atoms with Gasteiger partial charge in [0.2, 0.25) is 0 Å². The Labute approximate surface area is 154 Å². The summed E-state index contributed by atoms with van der Waals surface area (Å²) in [6, 6.07) is 4.61. The Morgan fingerprint density at radius 3 is 2.54 bits per heavy atom. The zero-order valence-electron chi connectivity index (χ0n) is 16.1. The minimum absolute atomic E-state index is 0.179. The van der Waals surface area contributed by atoms with E-state index < -0.39 is 12.0 Å². The quantitative estimate of drug-likeness (QED) is 0.758. The van der Waals surface area contributed by atoms with Gasteiger partial charge in [-0.25, -0.2) is 4.79 Å². The highest BCUT2D eigenvalue weighted by Gasteiger charge is 2.22. The molecule has 1 atom stereocenters. The van der Waals surface area contributed by atoms with Crippen LogP contribution in [-0.2, 0) is 16.1 Å². The molecule has 6 heteroatoms. The van der Waals surface area contributed by atoms with Crippen molar-refractivity contribution in [2.45, 2.75) is 46.7 Å². The molecule has 0 saturated heterocycles. The van der Waals surface area contributed by atoms with Crippen LogP contribution in [0.15, 0.2) is 18.2 Å². The summed E-state index contributed by atoms with van der Waals surface area (Å²) in [6.45, 7) is 9.30. The molecular weight excluding hydrogens is 332 g/mol. The topological polar surface area (TPSA) is 80.6 Å². The Kier molecular flexibility index (Phi) is 6.42. The molecule has 2 aromatic rings. The Bertz CT molecular complexity index is 808. The lowest BCUT2D eigenvalue weighted by atomic mass is 10.0. The first-order valence-corrected chi connectivity index (χ1v) is 8.88. The highest BCUT2D eigenvalue weighted by molar-refractivity contribution is 6.00.